The van der Waals surface area contributed by atoms with Crippen LogP contribution in [0.5, 0.6) is 17.2 Å². The summed E-state index contributed by atoms with van der Waals surface area (Å²) in [5.74, 6) is 1.13. The molecular weight excluding hydrogens is 302 g/mol. The van der Waals surface area contributed by atoms with Crippen LogP contribution in [0, 0.1) is 0 Å². The minimum absolute atomic E-state index is 0.153. The number of benzene rings is 1. The lowest BCUT2D eigenvalue weighted by molar-refractivity contribution is 0.102. The molecule has 1 aromatic heterocycles. The van der Waals surface area contributed by atoms with Crippen LogP contribution in [-0.4, -0.2) is 46.4 Å². The van der Waals surface area contributed by atoms with Crippen molar-refractivity contribution < 1.29 is 19.0 Å². The zero-order valence-corrected chi connectivity index (χ0v) is 13.3. The van der Waals surface area contributed by atoms with E-state index in [0.29, 0.717) is 42.6 Å². The third-order valence-corrected chi connectivity index (χ3v) is 2.75. The number of nitrogens with one attached hydrogen (secondary N) is 2. The lowest BCUT2D eigenvalue weighted by atomic mass is 10.1. The molecule has 9 nitrogen and oxygen atoms in total. The Morgan fingerprint density at radius 2 is 1.70 bits per heavy atom. The van der Waals surface area contributed by atoms with Gasteiger partial charge in [0.05, 0.1) is 19.8 Å². The number of aromatic amines is 1. The van der Waals surface area contributed by atoms with E-state index in [1.807, 2.05) is 20.8 Å². The number of nitrogens with zero attached hydrogens (tertiary/aromatic N) is 3. The number of rotatable bonds is 8. The van der Waals surface area contributed by atoms with Gasteiger partial charge in [-0.15, -0.1) is 0 Å². The number of anilines is 1. The molecule has 23 heavy (non-hydrogen) atoms. The number of carbonyl (C=O) groups is 1. The highest BCUT2D eigenvalue weighted by atomic mass is 16.5. The Bertz CT molecular complexity index is 618. The molecule has 124 valence electrons. The van der Waals surface area contributed by atoms with E-state index in [0.717, 1.165) is 0 Å². The van der Waals surface area contributed by atoms with Crippen molar-refractivity contribution in [2.75, 3.05) is 25.1 Å². The number of amides is 1. The minimum atomic E-state index is -0.395. The largest absolute Gasteiger partial charge is 0.490 e. The van der Waals surface area contributed by atoms with E-state index in [4.69, 9.17) is 14.2 Å². The fourth-order valence-electron chi connectivity index (χ4n) is 1.91. The average molecular weight is 321 g/mol. The zero-order chi connectivity index (χ0) is 16.7. The number of aromatic nitrogens is 4. The minimum Gasteiger partial charge on any atom is -0.490 e. The van der Waals surface area contributed by atoms with Gasteiger partial charge in [-0.05, 0) is 43.3 Å². The SMILES string of the molecule is CCOc1cc(C(=O)Nc2nnn[nH]2)cc(OCC)c1OCC. The van der Waals surface area contributed by atoms with Crippen molar-refractivity contribution in [2.45, 2.75) is 20.8 Å². The highest BCUT2D eigenvalue weighted by molar-refractivity contribution is 6.04. The summed E-state index contributed by atoms with van der Waals surface area (Å²) in [5, 5.41) is 15.4. The number of hydrogen-bond acceptors (Lipinski definition) is 7. The van der Waals surface area contributed by atoms with Gasteiger partial charge in [-0.2, -0.15) is 0 Å². The highest BCUT2D eigenvalue weighted by Crippen LogP contribution is 2.39. The predicted molar refractivity (Wildman–Crippen MR) is 82.1 cm³/mol. The Morgan fingerprint density at radius 3 is 2.17 bits per heavy atom. The van der Waals surface area contributed by atoms with Gasteiger partial charge in [0.1, 0.15) is 0 Å². The summed E-state index contributed by atoms with van der Waals surface area (Å²) in [6.07, 6.45) is 0. The summed E-state index contributed by atoms with van der Waals surface area (Å²) in [7, 11) is 0. The molecule has 2 aromatic rings. The highest BCUT2D eigenvalue weighted by Gasteiger charge is 2.19. The van der Waals surface area contributed by atoms with Crippen molar-refractivity contribution in [1.82, 2.24) is 20.6 Å². The van der Waals surface area contributed by atoms with Crippen molar-refractivity contribution in [3.05, 3.63) is 17.7 Å². The summed E-state index contributed by atoms with van der Waals surface area (Å²) >= 11 is 0. The standard InChI is InChI=1S/C14H19N5O4/c1-4-21-10-7-9(13(20)15-14-16-18-19-17-14)8-11(22-5-2)12(10)23-6-3/h7-8H,4-6H2,1-3H3,(H2,15,16,17,18,19,20). The Labute approximate surface area is 133 Å². The number of hydrogen-bond donors (Lipinski definition) is 2. The van der Waals surface area contributed by atoms with Crippen molar-refractivity contribution in [1.29, 1.82) is 0 Å². The van der Waals surface area contributed by atoms with Crippen molar-refractivity contribution in [3.63, 3.8) is 0 Å². The van der Waals surface area contributed by atoms with E-state index in [1.54, 1.807) is 12.1 Å². The van der Waals surface area contributed by atoms with Crippen LogP contribution in [0.1, 0.15) is 31.1 Å². The molecule has 0 saturated carbocycles. The maximum atomic E-state index is 12.3. The monoisotopic (exact) mass is 321 g/mol. The van der Waals surface area contributed by atoms with E-state index >= 15 is 0 Å². The van der Waals surface area contributed by atoms with E-state index < -0.39 is 5.91 Å². The predicted octanol–water partition coefficient (Wildman–Crippen LogP) is 1.65. The van der Waals surface area contributed by atoms with Gasteiger partial charge in [-0.3, -0.25) is 10.1 Å². The number of H-pyrrole nitrogens is 1. The number of tetrazole rings is 1. The molecule has 0 aliphatic carbocycles. The molecule has 0 bridgehead atoms. The maximum absolute atomic E-state index is 12.3. The van der Waals surface area contributed by atoms with Crippen LogP contribution < -0.4 is 19.5 Å². The molecule has 0 spiro atoms. The molecule has 0 atom stereocenters. The normalized spacial score (nSPS) is 10.2. The fraction of sp³-hybridized carbons (Fsp3) is 0.429. The van der Waals surface area contributed by atoms with Crippen LogP contribution in [0.2, 0.25) is 0 Å². The molecular formula is C14H19N5O4. The topological polar surface area (TPSA) is 111 Å². The molecule has 0 aliphatic heterocycles. The van der Waals surface area contributed by atoms with Crippen LogP contribution in [0.3, 0.4) is 0 Å². The Morgan fingerprint density at radius 1 is 1.09 bits per heavy atom. The smallest absolute Gasteiger partial charge is 0.258 e. The summed E-state index contributed by atoms with van der Waals surface area (Å²) in [6, 6.07) is 3.19. The molecule has 0 aliphatic rings. The number of carbonyl (C=O) groups excluding carboxylic acids is 1. The van der Waals surface area contributed by atoms with Gasteiger partial charge in [0.2, 0.25) is 11.7 Å². The molecule has 0 saturated heterocycles. The van der Waals surface area contributed by atoms with Crippen molar-refractivity contribution in [2.24, 2.45) is 0 Å². The van der Waals surface area contributed by atoms with Crippen molar-refractivity contribution >= 4 is 11.9 Å². The second kappa shape index (κ2) is 7.97. The maximum Gasteiger partial charge on any atom is 0.258 e. The van der Waals surface area contributed by atoms with E-state index in [2.05, 4.69) is 25.9 Å². The van der Waals surface area contributed by atoms with Crippen LogP contribution in [0.4, 0.5) is 5.95 Å². The second-order valence-electron chi connectivity index (χ2n) is 4.30. The Kier molecular flexibility index (Phi) is 5.73. The van der Waals surface area contributed by atoms with Gasteiger partial charge in [0.15, 0.2) is 11.5 Å². The molecule has 0 radical (unpaired) electrons. The lowest BCUT2D eigenvalue weighted by Gasteiger charge is -2.16. The number of ether oxygens (including phenoxy) is 3. The second-order valence-corrected chi connectivity index (χ2v) is 4.30. The van der Waals surface area contributed by atoms with Crippen LogP contribution >= 0.6 is 0 Å². The summed E-state index contributed by atoms with van der Waals surface area (Å²) in [4.78, 5) is 12.3. The summed E-state index contributed by atoms with van der Waals surface area (Å²) < 4.78 is 16.7. The average Bonchev–Trinajstić information content (AvgIpc) is 3.03. The first-order chi connectivity index (χ1) is 11.2. The van der Waals surface area contributed by atoms with Crippen LogP contribution in [0.15, 0.2) is 12.1 Å². The first kappa shape index (κ1) is 16.5. The molecule has 0 fully saturated rings. The third-order valence-electron chi connectivity index (χ3n) is 2.75. The van der Waals surface area contributed by atoms with Crippen LogP contribution in [-0.2, 0) is 0 Å². The fourth-order valence-corrected chi connectivity index (χ4v) is 1.91. The van der Waals surface area contributed by atoms with E-state index in [-0.39, 0.29) is 5.95 Å². The van der Waals surface area contributed by atoms with Gasteiger partial charge in [0.25, 0.3) is 5.91 Å². The molecule has 1 amide bonds. The Hall–Kier alpha value is -2.84. The van der Waals surface area contributed by atoms with Gasteiger partial charge >= 0.3 is 0 Å². The molecule has 2 N–H and O–H groups in total. The van der Waals surface area contributed by atoms with E-state index in [1.165, 1.54) is 0 Å². The van der Waals surface area contributed by atoms with Gasteiger partial charge in [-0.1, -0.05) is 5.10 Å². The quantitative estimate of drug-likeness (QED) is 0.760. The van der Waals surface area contributed by atoms with E-state index in [9.17, 15) is 4.79 Å². The van der Waals surface area contributed by atoms with Gasteiger partial charge < -0.3 is 14.2 Å². The summed E-state index contributed by atoms with van der Waals surface area (Å²) in [5.41, 5.74) is 0.344. The van der Waals surface area contributed by atoms with Crippen molar-refractivity contribution in [3.8, 4) is 17.2 Å². The molecule has 0 unspecified atom stereocenters. The zero-order valence-electron chi connectivity index (χ0n) is 13.3. The Balaban J connectivity index is 2.36. The lowest BCUT2D eigenvalue weighted by Crippen LogP contribution is -2.14. The third kappa shape index (κ3) is 4.09. The van der Waals surface area contributed by atoms with Gasteiger partial charge in [0, 0.05) is 5.56 Å². The van der Waals surface area contributed by atoms with Crippen LogP contribution in [0.25, 0.3) is 0 Å². The molecule has 1 aromatic carbocycles. The molecule has 1 heterocycles. The summed E-state index contributed by atoms with van der Waals surface area (Å²) in [6.45, 7) is 6.88. The first-order valence-electron chi connectivity index (χ1n) is 7.31. The first-order valence-corrected chi connectivity index (χ1v) is 7.31. The molecule has 2 rings (SSSR count). The van der Waals surface area contributed by atoms with Gasteiger partial charge in [-0.25, -0.2) is 5.10 Å². The molecule has 9 heteroatoms.